The van der Waals surface area contributed by atoms with Crippen molar-refractivity contribution >= 4 is 29.2 Å². The molecule has 8 nitrogen and oxygen atoms in total. The number of halogens is 6. The molecular formula is C23H25F6N3O5S. The smallest absolute Gasteiger partial charge is 0.475 e. The van der Waals surface area contributed by atoms with Crippen LogP contribution in [0.4, 0.5) is 26.3 Å². The number of likely N-dealkylation sites (tertiary alicyclic amines) is 2. The Bertz CT molecular complexity index is 1050. The Morgan fingerprint density at radius 2 is 1.53 bits per heavy atom. The van der Waals surface area contributed by atoms with Crippen LogP contribution in [0, 0.1) is 0 Å². The molecule has 2 aliphatic rings. The number of carboxylic acids is 2. The summed E-state index contributed by atoms with van der Waals surface area (Å²) < 4.78 is 63.5. The van der Waals surface area contributed by atoms with Crippen LogP contribution < -0.4 is 0 Å². The van der Waals surface area contributed by atoms with Crippen LogP contribution in [0.5, 0.6) is 0 Å². The first-order chi connectivity index (χ1) is 17.6. The Balaban J connectivity index is 0.000000301. The van der Waals surface area contributed by atoms with E-state index in [1.54, 1.807) is 0 Å². The molecule has 2 N–H and O–H groups in total. The summed E-state index contributed by atoms with van der Waals surface area (Å²) in [4.78, 5) is 40.4. The molecule has 1 amide bonds. The Morgan fingerprint density at radius 3 is 1.95 bits per heavy atom. The van der Waals surface area contributed by atoms with E-state index in [1.165, 1.54) is 10.4 Å². The van der Waals surface area contributed by atoms with Gasteiger partial charge in [-0.05, 0) is 42.0 Å². The molecule has 15 heteroatoms. The van der Waals surface area contributed by atoms with E-state index in [0.717, 1.165) is 32.5 Å². The highest BCUT2D eigenvalue weighted by Crippen LogP contribution is 2.48. The van der Waals surface area contributed by atoms with Gasteiger partial charge in [0.15, 0.2) is 0 Å². The lowest BCUT2D eigenvalue weighted by molar-refractivity contribution is -0.193. The van der Waals surface area contributed by atoms with Gasteiger partial charge < -0.3 is 15.1 Å². The van der Waals surface area contributed by atoms with E-state index in [4.69, 9.17) is 19.8 Å². The number of carboxylic acid groups (broad SMARTS) is 2. The number of nitrogens with zero attached hydrogens (tertiary/aromatic N) is 3. The van der Waals surface area contributed by atoms with Gasteiger partial charge in [0.05, 0.1) is 5.54 Å². The molecule has 0 bridgehead atoms. The SMILES string of the molecule is CN1C(=O)CC(c2ccncc2)C12CCN(Cc1cccs1)CC2.O=C(O)C(F)(F)F.O=C(O)C(F)(F)F. The van der Waals surface area contributed by atoms with Crippen LogP contribution in [-0.4, -0.2) is 80.9 Å². The molecule has 4 heterocycles. The number of pyridine rings is 1. The average Bonchev–Trinajstić information content (AvgIpc) is 3.43. The van der Waals surface area contributed by atoms with E-state index >= 15 is 0 Å². The number of carbonyl (C=O) groups is 3. The highest BCUT2D eigenvalue weighted by molar-refractivity contribution is 7.09. The summed E-state index contributed by atoms with van der Waals surface area (Å²) in [6, 6.07) is 8.49. The molecule has 210 valence electrons. The second-order valence-corrected chi connectivity index (χ2v) is 9.59. The molecule has 1 atom stereocenters. The van der Waals surface area contributed by atoms with Crippen LogP contribution in [0.2, 0.25) is 0 Å². The zero-order chi connectivity index (χ0) is 28.7. The largest absolute Gasteiger partial charge is 0.490 e. The summed E-state index contributed by atoms with van der Waals surface area (Å²) in [6.45, 7) is 3.14. The first-order valence-corrected chi connectivity index (χ1v) is 12.0. The fraction of sp³-hybridized carbons (Fsp3) is 0.478. The Kier molecular flexibility index (Phi) is 10.3. The van der Waals surface area contributed by atoms with E-state index in [2.05, 4.69) is 39.5 Å². The minimum Gasteiger partial charge on any atom is -0.475 e. The van der Waals surface area contributed by atoms with Crippen molar-refractivity contribution in [3.63, 3.8) is 0 Å². The molecule has 0 aliphatic carbocycles. The lowest BCUT2D eigenvalue weighted by Crippen LogP contribution is -2.53. The molecule has 1 spiro atoms. The van der Waals surface area contributed by atoms with Crippen LogP contribution in [0.25, 0.3) is 0 Å². The second kappa shape index (κ2) is 12.6. The van der Waals surface area contributed by atoms with Crippen molar-refractivity contribution in [3.05, 3.63) is 52.5 Å². The van der Waals surface area contributed by atoms with E-state index in [9.17, 15) is 31.1 Å². The van der Waals surface area contributed by atoms with Gasteiger partial charge >= 0.3 is 24.3 Å². The molecule has 0 saturated carbocycles. The monoisotopic (exact) mass is 569 g/mol. The maximum atomic E-state index is 12.5. The molecule has 2 aliphatic heterocycles. The molecule has 1 unspecified atom stereocenters. The molecule has 2 aromatic rings. The van der Waals surface area contributed by atoms with E-state index in [1.807, 2.05) is 35.7 Å². The highest BCUT2D eigenvalue weighted by Gasteiger charge is 2.52. The van der Waals surface area contributed by atoms with Crippen LogP contribution in [0.15, 0.2) is 42.0 Å². The quantitative estimate of drug-likeness (QED) is 0.528. The average molecular weight is 570 g/mol. The number of hydrogen-bond donors (Lipinski definition) is 2. The number of rotatable bonds is 3. The molecule has 2 saturated heterocycles. The van der Waals surface area contributed by atoms with Gasteiger partial charge in [-0.25, -0.2) is 9.59 Å². The normalized spacial score (nSPS) is 19.3. The summed E-state index contributed by atoms with van der Waals surface area (Å²) in [7, 11) is 2.00. The molecule has 0 aromatic carbocycles. The first-order valence-electron chi connectivity index (χ1n) is 11.1. The number of thiophene rings is 1. The molecular weight excluding hydrogens is 544 g/mol. The predicted molar refractivity (Wildman–Crippen MR) is 123 cm³/mol. The van der Waals surface area contributed by atoms with Crippen LogP contribution in [-0.2, 0) is 20.9 Å². The number of piperidine rings is 1. The molecule has 38 heavy (non-hydrogen) atoms. The third kappa shape index (κ3) is 8.15. The molecule has 2 fully saturated rings. The summed E-state index contributed by atoms with van der Waals surface area (Å²) >= 11 is 1.83. The fourth-order valence-corrected chi connectivity index (χ4v) is 5.16. The fourth-order valence-electron chi connectivity index (χ4n) is 4.41. The summed E-state index contributed by atoms with van der Waals surface area (Å²) in [6.07, 6.45) is -3.75. The molecule has 4 rings (SSSR count). The Labute approximate surface area is 217 Å². The van der Waals surface area contributed by atoms with E-state index in [0.29, 0.717) is 12.3 Å². The minimum atomic E-state index is -5.08. The third-order valence-corrected chi connectivity index (χ3v) is 7.21. The molecule has 2 aromatic heterocycles. The predicted octanol–water partition coefficient (Wildman–Crippen LogP) is 4.39. The van der Waals surface area contributed by atoms with Crippen molar-refractivity contribution in [1.82, 2.24) is 14.8 Å². The number of alkyl halides is 6. The maximum Gasteiger partial charge on any atom is 0.490 e. The van der Waals surface area contributed by atoms with Crippen molar-refractivity contribution in [3.8, 4) is 0 Å². The minimum absolute atomic E-state index is 0.0234. The van der Waals surface area contributed by atoms with Gasteiger partial charge in [0, 0.05) is 56.3 Å². The number of carbonyl (C=O) groups excluding carboxylic acids is 1. The standard InChI is InChI=1S/C19H23N3OS.2C2HF3O2/c1-21-18(23)13-17(15-4-8-20-9-5-15)19(21)6-10-22(11-7-19)14-16-3-2-12-24-16;2*3-2(4,5)1(6)7/h2-5,8-9,12,17H,6-7,10-11,13-14H2,1H3;2*(H,6,7). The number of aromatic nitrogens is 1. The van der Waals surface area contributed by atoms with Crippen LogP contribution >= 0.6 is 11.3 Å². The first kappa shape index (κ1) is 31.0. The Hall–Kier alpha value is -3.20. The van der Waals surface area contributed by atoms with Gasteiger partial charge in [0.1, 0.15) is 0 Å². The van der Waals surface area contributed by atoms with Crippen molar-refractivity contribution in [2.45, 2.75) is 49.6 Å². The summed E-state index contributed by atoms with van der Waals surface area (Å²) in [5, 5.41) is 16.4. The van der Waals surface area contributed by atoms with Gasteiger partial charge in [-0.2, -0.15) is 26.3 Å². The van der Waals surface area contributed by atoms with Crippen molar-refractivity contribution in [1.29, 1.82) is 0 Å². The van der Waals surface area contributed by atoms with E-state index in [-0.39, 0.29) is 11.4 Å². The lowest BCUT2D eigenvalue weighted by Gasteiger charge is -2.46. The lowest BCUT2D eigenvalue weighted by atomic mass is 9.74. The summed E-state index contributed by atoms with van der Waals surface area (Å²) in [5.41, 5.74) is 1.24. The summed E-state index contributed by atoms with van der Waals surface area (Å²) in [5.74, 6) is -4.94. The van der Waals surface area contributed by atoms with Crippen molar-refractivity contribution in [2.24, 2.45) is 0 Å². The van der Waals surface area contributed by atoms with Gasteiger partial charge in [-0.1, -0.05) is 6.07 Å². The zero-order valence-corrected chi connectivity index (χ0v) is 20.8. The van der Waals surface area contributed by atoms with Crippen molar-refractivity contribution < 1.29 is 50.9 Å². The van der Waals surface area contributed by atoms with Crippen LogP contribution in [0.3, 0.4) is 0 Å². The zero-order valence-electron chi connectivity index (χ0n) is 20.0. The highest BCUT2D eigenvalue weighted by atomic mass is 32.1. The second-order valence-electron chi connectivity index (χ2n) is 8.55. The number of amides is 1. The maximum absolute atomic E-state index is 12.5. The topological polar surface area (TPSA) is 111 Å². The third-order valence-electron chi connectivity index (χ3n) is 6.34. The Morgan fingerprint density at radius 1 is 1.03 bits per heavy atom. The van der Waals surface area contributed by atoms with Gasteiger partial charge in [0.25, 0.3) is 0 Å². The van der Waals surface area contributed by atoms with Crippen LogP contribution in [0.1, 0.15) is 35.6 Å². The van der Waals surface area contributed by atoms with Gasteiger partial charge in [-0.15, -0.1) is 11.3 Å². The number of likely N-dealkylation sites (N-methyl/N-ethyl adjacent to an activating group) is 1. The molecule has 0 radical (unpaired) electrons. The van der Waals surface area contributed by atoms with Crippen molar-refractivity contribution in [2.75, 3.05) is 20.1 Å². The number of aliphatic carboxylic acids is 2. The van der Waals surface area contributed by atoms with Gasteiger partial charge in [-0.3, -0.25) is 14.7 Å². The van der Waals surface area contributed by atoms with E-state index < -0.39 is 24.3 Å². The number of hydrogen-bond acceptors (Lipinski definition) is 6. The van der Waals surface area contributed by atoms with Gasteiger partial charge in [0.2, 0.25) is 5.91 Å².